The third-order valence-electron chi connectivity index (χ3n) is 6.88. The van der Waals surface area contributed by atoms with Gasteiger partial charge in [0.05, 0.1) is 22.8 Å². The highest BCUT2D eigenvalue weighted by atomic mass is 16.1. The molecule has 1 aliphatic heterocycles. The Balaban J connectivity index is 1.13. The number of aromatic nitrogens is 4. The first-order valence-corrected chi connectivity index (χ1v) is 12.9. The van der Waals surface area contributed by atoms with Crippen molar-refractivity contribution in [2.45, 2.75) is 6.54 Å². The lowest BCUT2D eigenvalue weighted by Crippen LogP contribution is -2.46. The molecule has 4 heterocycles. The largest absolute Gasteiger partial charge is 0.384 e. The summed E-state index contributed by atoms with van der Waals surface area (Å²) in [5.41, 5.74) is 11.8. The van der Waals surface area contributed by atoms with Gasteiger partial charge in [-0.15, -0.1) is 0 Å². The highest BCUT2D eigenvalue weighted by Crippen LogP contribution is 2.26. The molecule has 0 bridgehead atoms. The van der Waals surface area contributed by atoms with Gasteiger partial charge in [-0.3, -0.25) is 19.7 Å². The number of nitrogens with two attached hydrogens (primary N) is 1. The molecule has 5 aromatic rings. The second kappa shape index (κ2) is 10.8. The van der Waals surface area contributed by atoms with Gasteiger partial charge >= 0.3 is 0 Å². The zero-order chi connectivity index (χ0) is 26.6. The zero-order valence-electron chi connectivity index (χ0n) is 21.4. The minimum Gasteiger partial charge on any atom is -0.384 e. The molecule has 6 rings (SSSR count). The minimum absolute atomic E-state index is 0.235. The molecular formula is C30H28N8O. The Kier molecular flexibility index (Phi) is 6.80. The number of piperazine rings is 1. The summed E-state index contributed by atoms with van der Waals surface area (Å²) in [4.78, 5) is 35.0. The number of nitrogen functional groups attached to an aromatic ring is 1. The number of anilines is 3. The third-order valence-corrected chi connectivity index (χ3v) is 6.88. The van der Waals surface area contributed by atoms with E-state index in [-0.39, 0.29) is 5.91 Å². The number of carbonyl (C=O) groups is 1. The smallest absolute Gasteiger partial charge is 0.257 e. The third kappa shape index (κ3) is 5.68. The summed E-state index contributed by atoms with van der Waals surface area (Å²) in [6.45, 7) is 4.65. The molecule has 0 atom stereocenters. The summed E-state index contributed by atoms with van der Waals surface area (Å²) in [6, 6.07) is 21.2. The van der Waals surface area contributed by atoms with Crippen LogP contribution in [0.4, 0.5) is 17.3 Å². The summed E-state index contributed by atoms with van der Waals surface area (Å²) in [5.74, 6) is 1.04. The molecule has 1 saturated heterocycles. The molecule has 0 spiro atoms. The predicted octanol–water partition coefficient (Wildman–Crippen LogP) is 4.24. The molecule has 3 aromatic heterocycles. The maximum absolute atomic E-state index is 12.5. The summed E-state index contributed by atoms with van der Waals surface area (Å²) < 4.78 is 0. The topological polar surface area (TPSA) is 113 Å². The second-order valence-corrected chi connectivity index (χ2v) is 9.56. The molecular weight excluding hydrogens is 488 g/mol. The van der Waals surface area contributed by atoms with Crippen LogP contribution in [0.1, 0.15) is 15.9 Å². The SMILES string of the molecule is Nc1ccc(C(=O)Nc2ccc(-c3ccc4ncc(N5CCN(Cc6cccnc6)CC5)nc4c3)cc2)cn1. The van der Waals surface area contributed by atoms with Gasteiger partial charge in [0.25, 0.3) is 5.91 Å². The Bertz CT molecular complexity index is 1580. The monoisotopic (exact) mass is 516 g/mol. The molecule has 39 heavy (non-hydrogen) atoms. The number of benzene rings is 2. The lowest BCUT2D eigenvalue weighted by Gasteiger charge is -2.35. The quantitative estimate of drug-likeness (QED) is 0.345. The number of rotatable bonds is 6. The molecule has 3 N–H and O–H groups in total. The fourth-order valence-corrected chi connectivity index (χ4v) is 4.71. The summed E-state index contributed by atoms with van der Waals surface area (Å²) in [5, 5.41) is 2.89. The van der Waals surface area contributed by atoms with Crippen LogP contribution in [0.2, 0.25) is 0 Å². The number of fused-ring (bicyclic) bond motifs is 1. The van der Waals surface area contributed by atoms with Crippen molar-refractivity contribution in [3.05, 3.63) is 103 Å². The highest BCUT2D eigenvalue weighted by molar-refractivity contribution is 6.04. The molecule has 9 heteroatoms. The van der Waals surface area contributed by atoms with Crippen LogP contribution in [0.25, 0.3) is 22.2 Å². The van der Waals surface area contributed by atoms with Crippen LogP contribution in [0, 0.1) is 0 Å². The lowest BCUT2D eigenvalue weighted by molar-refractivity contribution is 0.102. The van der Waals surface area contributed by atoms with Crippen LogP contribution in [0.15, 0.2) is 91.5 Å². The van der Waals surface area contributed by atoms with Gasteiger partial charge in [-0.05, 0) is 59.2 Å². The van der Waals surface area contributed by atoms with E-state index in [1.54, 1.807) is 12.1 Å². The van der Waals surface area contributed by atoms with Gasteiger partial charge in [-0.25, -0.2) is 9.97 Å². The first kappa shape index (κ1) is 24.4. The number of hydrogen-bond acceptors (Lipinski definition) is 8. The molecule has 194 valence electrons. The highest BCUT2D eigenvalue weighted by Gasteiger charge is 2.19. The number of nitrogens with one attached hydrogen (secondary N) is 1. The fraction of sp³-hybridized carbons (Fsp3) is 0.167. The Morgan fingerprint density at radius 2 is 1.67 bits per heavy atom. The van der Waals surface area contributed by atoms with Gasteiger partial charge in [0.15, 0.2) is 0 Å². The van der Waals surface area contributed by atoms with Crippen molar-refractivity contribution in [1.29, 1.82) is 0 Å². The predicted molar refractivity (Wildman–Crippen MR) is 153 cm³/mol. The van der Waals surface area contributed by atoms with Crippen LogP contribution < -0.4 is 16.0 Å². The van der Waals surface area contributed by atoms with Gasteiger partial charge in [0.1, 0.15) is 11.6 Å². The minimum atomic E-state index is -0.235. The van der Waals surface area contributed by atoms with Crippen molar-refractivity contribution < 1.29 is 4.79 Å². The van der Waals surface area contributed by atoms with Crippen molar-refractivity contribution in [2.24, 2.45) is 0 Å². The van der Waals surface area contributed by atoms with E-state index in [1.165, 1.54) is 11.8 Å². The number of amides is 1. The molecule has 2 aromatic carbocycles. The maximum Gasteiger partial charge on any atom is 0.257 e. The average Bonchev–Trinajstić information content (AvgIpc) is 2.98. The van der Waals surface area contributed by atoms with Crippen LogP contribution in [-0.2, 0) is 6.54 Å². The van der Waals surface area contributed by atoms with Gasteiger partial charge in [0.2, 0.25) is 0 Å². The van der Waals surface area contributed by atoms with Gasteiger partial charge in [0, 0.05) is 57.0 Å². The van der Waals surface area contributed by atoms with Crippen LogP contribution in [0.3, 0.4) is 0 Å². The van der Waals surface area contributed by atoms with Gasteiger partial charge in [-0.1, -0.05) is 24.3 Å². The van der Waals surface area contributed by atoms with Crippen molar-refractivity contribution in [3.63, 3.8) is 0 Å². The molecule has 0 saturated carbocycles. The number of pyridine rings is 2. The number of hydrogen-bond donors (Lipinski definition) is 2. The van der Waals surface area contributed by atoms with Gasteiger partial charge < -0.3 is 16.0 Å². The van der Waals surface area contributed by atoms with E-state index in [1.807, 2.05) is 61.1 Å². The summed E-state index contributed by atoms with van der Waals surface area (Å²) in [6.07, 6.45) is 7.07. The lowest BCUT2D eigenvalue weighted by atomic mass is 10.0. The Labute approximate surface area is 226 Å². The Hall–Kier alpha value is -4.89. The molecule has 1 amide bonds. The molecule has 9 nitrogen and oxygen atoms in total. The molecule has 0 unspecified atom stereocenters. The summed E-state index contributed by atoms with van der Waals surface area (Å²) in [7, 11) is 0. The van der Waals surface area contributed by atoms with Crippen LogP contribution in [-0.4, -0.2) is 56.9 Å². The van der Waals surface area contributed by atoms with E-state index in [2.05, 4.69) is 42.2 Å². The van der Waals surface area contributed by atoms with Gasteiger partial charge in [-0.2, -0.15) is 0 Å². The van der Waals surface area contributed by atoms with Crippen molar-refractivity contribution in [3.8, 4) is 11.1 Å². The second-order valence-electron chi connectivity index (χ2n) is 9.56. The number of nitrogens with zero attached hydrogens (tertiary/aromatic N) is 6. The van der Waals surface area contributed by atoms with E-state index in [0.29, 0.717) is 17.1 Å². The summed E-state index contributed by atoms with van der Waals surface area (Å²) >= 11 is 0. The van der Waals surface area contributed by atoms with Crippen molar-refractivity contribution in [1.82, 2.24) is 24.8 Å². The standard InChI is InChI=1S/C30H28N8O/c31-28-10-6-24(18-34-28)30(39)35-25-7-3-22(4-8-25)23-5-9-26-27(16-23)36-29(19-33-26)38-14-12-37(13-15-38)20-21-2-1-11-32-17-21/h1-11,16-19H,12-15,20H2,(H2,31,34)(H,35,39). The molecule has 1 aliphatic rings. The van der Waals surface area contributed by atoms with Crippen molar-refractivity contribution >= 4 is 34.3 Å². The van der Waals surface area contributed by atoms with E-state index < -0.39 is 0 Å². The maximum atomic E-state index is 12.5. The van der Waals surface area contributed by atoms with E-state index in [4.69, 9.17) is 10.7 Å². The van der Waals surface area contributed by atoms with E-state index >= 15 is 0 Å². The van der Waals surface area contributed by atoms with E-state index in [9.17, 15) is 4.79 Å². The molecule has 0 radical (unpaired) electrons. The fourth-order valence-electron chi connectivity index (χ4n) is 4.71. The Morgan fingerprint density at radius 3 is 2.41 bits per heavy atom. The zero-order valence-corrected chi connectivity index (χ0v) is 21.4. The molecule has 0 aliphatic carbocycles. The van der Waals surface area contributed by atoms with Crippen LogP contribution in [0.5, 0.6) is 0 Å². The Morgan fingerprint density at radius 1 is 0.846 bits per heavy atom. The molecule has 1 fully saturated rings. The first-order chi connectivity index (χ1) is 19.1. The van der Waals surface area contributed by atoms with E-state index in [0.717, 1.165) is 60.7 Å². The average molecular weight is 517 g/mol. The normalized spacial score (nSPS) is 13.9. The van der Waals surface area contributed by atoms with Crippen LogP contribution >= 0.6 is 0 Å². The first-order valence-electron chi connectivity index (χ1n) is 12.9. The number of carbonyl (C=O) groups excluding carboxylic acids is 1. The van der Waals surface area contributed by atoms with Crippen molar-refractivity contribution in [2.75, 3.05) is 42.1 Å².